The van der Waals surface area contributed by atoms with Crippen LogP contribution in [-0.4, -0.2) is 27.8 Å². The van der Waals surface area contributed by atoms with Gasteiger partial charge in [-0.3, -0.25) is 0 Å². The second-order valence-corrected chi connectivity index (χ2v) is 6.01. The number of nitrogens with one attached hydrogen (secondary N) is 1. The van der Waals surface area contributed by atoms with Crippen molar-refractivity contribution in [1.82, 2.24) is 20.0 Å². The van der Waals surface area contributed by atoms with Crippen LogP contribution in [0.3, 0.4) is 0 Å². The first-order valence-corrected chi connectivity index (χ1v) is 7.94. The van der Waals surface area contributed by atoms with E-state index in [4.69, 9.17) is 4.52 Å². The lowest BCUT2D eigenvalue weighted by molar-refractivity contribution is 0.418. The van der Waals surface area contributed by atoms with Gasteiger partial charge in [0.15, 0.2) is 5.82 Å². The lowest BCUT2D eigenvalue weighted by atomic mass is 10.2. The number of aryl methyl sites for hydroxylation is 1. The Bertz CT molecular complexity index is 835. The van der Waals surface area contributed by atoms with Gasteiger partial charge in [-0.05, 0) is 58.2 Å². The summed E-state index contributed by atoms with van der Waals surface area (Å²) in [5, 5.41) is 7.22. The summed E-state index contributed by atoms with van der Waals surface area (Å²) in [6, 6.07) is 8.72. The van der Waals surface area contributed by atoms with Gasteiger partial charge in [-0.1, -0.05) is 5.16 Å². The summed E-state index contributed by atoms with van der Waals surface area (Å²) in [6.45, 7) is 6.06. The van der Waals surface area contributed by atoms with Crippen molar-refractivity contribution in [3.05, 3.63) is 53.4 Å². The zero-order valence-electron chi connectivity index (χ0n) is 14.3. The largest absolute Gasteiger partial charge is 0.334 e. The van der Waals surface area contributed by atoms with Crippen molar-refractivity contribution in [2.45, 2.75) is 33.2 Å². The van der Waals surface area contributed by atoms with Crippen LogP contribution in [0.4, 0.5) is 4.39 Å². The molecule has 0 aliphatic heterocycles. The maximum atomic E-state index is 13.2. The zero-order valence-corrected chi connectivity index (χ0v) is 14.3. The van der Waals surface area contributed by atoms with E-state index in [0.717, 1.165) is 22.6 Å². The molecule has 2 heterocycles. The fourth-order valence-electron chi connectivity index (χ4n) is 2.79. The topological polar surface area (TPSA) is 55.9 Å². The van der Waals surface area contributed by atoms with Crippen molar-refractivity contribution < 1.29 is 8.91 Å². The number of likely N-dealkylation sites (N-methyl/N-ethyl adjacent to an activating group) is 1. The van der Waals surface area contributed by atoms with Crippen molar-refractivity contribution >= 4 is 0 Å². The number of hydrogen-bond acceptors (Lipinski definition) is 4. The Morgan fingerprint density at radius 2 is 1.96 bits per heavy atom. The van der Waals surface area contributed by atoms with E-state index >= 15 is 0 Å². The Balaban J connectivity index is 1.96. The third-order valence-corrected chi connectivity index (χ3v) is 4.20. The Morgan fingerprint density at radius 1 is 1.25 bits per heavy atom. The normalized spacial score (nSPS) is 12.5. The number of aromatic nitrogens is 3. The van der Waals surface area contributed by atoms with Gasteiger partial charge in [-0.2, -0.15) is 4.98 Å². The summed E-state index contributed by atoms with van der Waals surface area (Å²) in [6.07, 6.45) is 0.705. The molecule has 0 bridgehead atoms. The first kappa shape index (κ1) is 16.4. The van der Waals surface area contributed by atoms with E-state index in [9.17, 15) is 4.39 Å². The molecular formula is C18H21FN4O. The summed E-state index contributed by atoms with van der Waals surface area (Å²) >= 11 is 0. The average Bonchev–Trinajstić information content (AvgIpc) is 3.13. The van der Waals surface area contributed by atoms with Gasteiger partial charge >= 0.3 is 0 Å². The van der Waals surface area contributed by atoms with E-state index in [1.807, 2.05) is 27.0 Å². The summed E-state index contributed by atoms with van der Waals surface area (Å²) in [4.78, 5) is 4.50. The van der Waals surface area contributed by atoms with Crippen molar-refractivity contribution in [3.8, 4) is 17.1 Å². The number of benzene rings is 1. The Hall–Kier alpha value is -2.47. The van der Waals surface area contributed by atoms with Gasteiger partial charge in [0.2, 0.25) is 0 Å². The van der Waals surface area contributed by atoms with Gasteiger partial charge in [0.05, 0.1) is 5.56 Å². The molecule has 0 amide bonds. The number of hydrogen-bond donors (Lipinski definition) is 1. The molecule has 0 spiro atoms. The molecule has 3 aromatic rings. The van der Waals surface area contributed by atoms with E-state index in [1.165, 1.54) is 12.1 Å². The fraction of sp³-hybridized carbons (Fsp3) is 0.333. The molecular weight excluding hydrogens is 307 g/mol. The van der Waals surface area contributed by atoms with Crippen LogP contribution in [0.5, 0.6) is 0 Å². The molecule has 0 fully saturated rings. The molecule has 1 atom stereocenters. The summed E-state index contributed by atoms with van der Waals surface area (Å²) in [7, 11) is 1.90. The monoisotopic (exact) mass is 328 g/mol. The van der Waals surface area contributed by atoms with E-state index in [0.29, 0.717) is 18.1 Å². The second kappa shape index (κ2) is 6.57. The van der Waals surface area contributed by atoms with Crippen molar-refractivity contribution in [1.29, 1.82) is 0 Å². The maximum Gasteiger partial charge on any atom is 0.259 e. The van der Waals surface area contributed by atoms with Crippen molar-refractivity contribution in [2.75, 3.05) is 7.05 Å². The molecule has 0 saturated carbocycles. The van der Waals surface area contributed by atoms with E-state index < -0.39 is 0 Å². The molecule has 5 nitrogen and oxygen atoms in total. The molecule has 0 saturated heterocycles. The quantitative estimate of drug-likeness (QED) is 0.779. The highest BCUT2D eigenvalue weighted by Crippen LogP contribution is 2.28. The van der Waals surface area contributed by atoms with Gasteiger partial charge in [-0.15, -0.1) is 0 Å². The van der Waals surface area contributed by atoms with Crippen molar-refractivity contribution in [2.24, 2.45) is 0 Å². The van der Waals surface area contributed by atoms with Crippen LogP contribution in [0, 0.1) is 19.7 Å². The molecule has 2 aromatic heterocycles. The van der Waals surface area contributed by atoms with Crippen LogP contribution < -0.4 is 5.32 Å². The molecule has 0 aliphatic carbocycles. The molecule has 0 aliphatic rings. The highest BCUT2D eigenvalue weighted by atomic mass is 19.1. The van der Waals surface area contributed by atoms with Gasteiger partial charge in [0.25, 0.3) is 5.89 Å². The molecule has 3 rings (SSSR count). The minimum absolute atomic E-state index is 0.248. The second-order valence-electron chi connectivity index (χ2n) is 6.01. The third kappa shape index (κ3) is 3.10. The minimum atomic E-state index is -0.248. The number of rotatable bonds is 5. The van der Waals surface area contributed by atoms with E-state index in [2.05, 4.69) is 26.9 Å². The van der Waals surface area contributed by atoms with Crippen LogP contribution in [0.15, 0.2) is 34.9 Å². The highest BCUT2D eigenvalue weighted by Gasteiger charge is 2.18. The minimum Gasteiger partial charge on any atom is -0.334 e. The standard InChI is InChI=1S/C18H21FN4O/c1-11(20-4)9-17-21-18(24-22-17)16-10-12(2)23(13(16)3)15-7-5-14(19)6-8-15/h5-8,10-11,20H,9H2,1-4H3. The number of halogens is 1. The zero-order chi connectivity index (χ0) is 17.3. The maximum absolute atomic E-state index is 13.2. The molecule has 0 radical (unpaired) electrons. The Kier molecular flexibility index (Phi) is 4.49. The molecule has 1 aromatic carbocycles. The fourth-order valence-corrected chi connectivity index (χ4v) is 2.79. The van der Waals surface area contributed by atoms with E-state index in [-0.39, 0.29) is 11.9 Å². The summed E-state index contributed by atoms with van der Waals surface area (Å²) < 4.78 is 20.7. The lowest BCUT2D eigenvalue weighted by Crippen LogP contribution is -2.24. The Labute approximate surface area is 140 Å². The predicted molar refractivity (Wildman–Crippen MR) is 90.7 cm³/mol. The molecule has 24 heavy (non-hydrogen) atoms. The summed E-state index contributed by atoms with van der Waals surface area (Å²) in [5.74, 6) is 0.940. The Morgan fingerprint density at radius 3 is 2.62 bits per heavy atom. The van der Waals surface area contributed by atoms with Crippen molar-refractivity contribution in [3.63, 3.8) is 0 Å². The van der Waals surface area contributed by atoms with Crippen LogP contribution >= 0.6 is 0 Å². The van der Waals surface area contributed by atoms with Crippen LogP contribution in [0.1, 0.15) is 24.1 Å². The molecule has 1 unspecified atom stereocenters. The predicted octanol–water partition coefficient (Wildman–Crippen LogP) is 3.43. The van der Waals surface area contributed by atoms with Crippen LogP contribution in [-0.2, 0) is 6.42 Å². The molecule has 1 N–H and O–H groups in total. The van der Waals surface area contributed by atoms with Crippen LogP contribution in [0.2, 0.25) is 0 Å². The lowest BCUT2D eigenvalue weighted by Gasteiger charge is -2.09. The van der Waals surface area contributed by atoms with E-state index in [1.54, 1.807) is 12.1 Å². The van der Waals surface area contributed by atoms with Gasteiger partial charge in [0, 0.05) is 29.5 Å². The molecule has 126 valence electrons. The first-order valence-electron chi connectivity index (χ1n) is 7.94. The SMILES string of the molecule is CNC(C)Cc1noc(-c2cc(C)n(-c3ccc(F)cc3)c2C)n1. The van der Waals surface area contributed by atoms with Gasteiger partial charge < -0.3 is 14.4 Å². The average molecular weight is 328 g/mol. The van der Waals surface area contributed by atoms with Crippen LogP contribution in [0.25, 0.3) is 17.1 Å². The van der Waals surface area contributed by atoms with Gasteiger partial charge in [-0.25, -0.2) is 4.39 Å². The number of nitrogens with zero attached hydrogens (tertiary/aromatic N) is 3. The summed E-state index contributed by atoms with van der Waals surface area (Å²) in [5.41, 5.74) is 3.81. The molecule has 6 heteroatoms. The third-order valence-electron chi connectivity index (χ3n) is 4.20. The smallest absolute Gasteiger partial charge is 0.259 e. The highest BCUT2D eigenvalue weighted by molar-refractivity contribution is 5.60. The first-order chi connectivity index (χ1) is 11.5. The van der Waals surface area contributed by atoms with Gasteiger partial charge in [0.1, 0.15) is 5.82 Å².